The van der Waals surface area contributed by atoms with Crippen LogP contribution in [0.4, 0.5) is 0 Å². The number of rotatable bonds is 2. The first-order valence-corrected chi connectivity index (χ1v) is 6.05. The molecule has 2 aliphatic rings. The van der Waals surface area contributed by atoms with Gasteiger partial charge in [-0.2, -0.15) is 0 Å². The van der Waals surface area contributed by atoms with E-state index in [1.807, 2.05) is 0 Å². The van der Waals surface area contributed by atoms with Crippen LogP contribution >= 0.6 is 0 Å². The van der Waals surface area contributed by atoms with Crippen LogP contribution in [0.5, 0.6) is 0 Å². The van der Waals surface area contributed by atoms with Crippen molar-refractivity contribution in [2.45, 2.75) is 52.0 Å². The number of nitrogens with zero attached hydrogens (tertiary/aromatic N) is 1. The summed E-state index contributed by atoms with van der Waals surface area (Å²) in [6, 6.07) is 0.974. The summed E-state index contributed by atoms with van der Waals surface area (Å²) in [4.78, 5) is 2.76. The number of hydrogen-bond donors (Lipinski definition) is 0. The lowest BCUT2D eigenvalue weighted by molar-refractivity contribution is 0.0507. The molecule has 76 valence electrons. The first-order valence-electron chi connectivity index (χ1n) is 6.05. The van der Waals surface area contributed by atoms with Crippen LogP contribution in [0.1, 0.15) is 46.0 Å². The normalized spacial score (nSPS) is 37.4. The van der Waals surface area contributed by atoms with Crippen molar-refractivity contribution in [2.75, 3.05) is 13.1 Å². The van der Waals surface area contributed by atoms with Gasteiger partial charge in [0.15, 0.2) is 0 Å². The minimum Gasteiger partial charge on any atom is -0.300 e. The van der Waals surface area contributed by atoms with Crippen molar-refractivity contribution < 1.29 is 0 Å². The highest BCUT2D eigenvalue weighted by molar-refractivity contribution is 4.85. The Morgan fingerprint density at radius 3 is 2.54 bits per heavy atom. The van der Waals surface area contributed by atoms with E-state index in [2.05, 4.69) is 18.7 Å². The fourth-order valence-corrected chi connectivity index (χ4v) is 2.79. The Balaban J connectivity index is 1.86. The molecule has 2 atom stereocenters. The first kappa shape index (κ1) is 9.51. The second-order valence-electron chi connectivity index (χ2n) is 5.01. The maximum Gasteiger partial charge on any atom is 0.00953 e. The molecule has 0 radical (unpaired) electrons. The molecule has 0 aromatic rings. The molecular weight excluding hydrogens is 158 g/mol. The molecule has 0 amide bonds. The fourth-order valence-electron chi connectivity index (χ4n) is 2.79. The number of piperidine rings is 1. The predicted molar refractivity (Wildman–Crippen MR) is 56.8 cm³/mol. The van der Waals surface area contributed by atoms with Crippen LogP contribution in [0.15, 0.2) is 0 Å². The summed E-state index contributed by atoms with van der Waals surface area (Å²) in [6.45, 7) is 7.56. The van der Waals surface area contributed by atoms with Crippen LogP contribution in [-0.2, 0) is 0 Å². The minimum atomic E-state index is 0.973. The largest absolute Gasteiger partial charge is 0.300 e. The zero-order chi connectivity index (χ0) is 9.26. The average molecular weight is 181 g/mol. The highest BCUT2D eigenvalue weighted by atomic mass is 15.2. The van der Waals surface area contributed by atoms with Crippen molar-refractivity contribution in [3.63, 3.8) is 0 Å². The number of hydrogen-bond acceptors (Lipinski definition) is 1. The van der Waals surface area contributed by atoms with Crippen molar-refractivity contribution >= 4 is 0 Å². The Morgan fingerprint density at radius 1 is 1.23 bits per heavy atom. The predicted octanol–water partition coefficient (Wildman–Crippen LogP) is 2.91. The van der Waals surface area contributed by atoms with Gasteiger partial charge in [-0.3, -0.25) is 0 Å². The van der Waals surface area contributed by atoms with Gasteiger partial charge in [-0.05, 0) is 37.6 Å². The van der Waals surface area contributed by atoms with Gasteiger partial charge in [-0.1, -0.05) is 26.7 Å². The van der Waals surface area contributed by atoms with Gasteiger partial charge in [0.2, 0.25) is 0 Å². The summed E-state index contributed by atoms with van der Waals surface area (Å²) >= 11 is 0. The quantitative estimate of drug-likeness (QED) is 0.633. The summed E-state index contributed by atoms with van der Waals surface area (Å²) < 4.78 is 0. The van der Waals surface area contributed by atoms with Gasteiger partial charge >= 0.3 is 0 Å². The van der Waals surface area contributed by atoms with E-state index < -0.39 is 0 Å². The van der Waals surface area contributed by atoms with Crippen LogP contribution < -0.4 is 0 Å². The molecule has 1 aliphatic carbocycles. The molecular formula is C12H23N. The molecule has 0 bridgehead atoms. The van der Waals surface area contributed by atoms with Crippen molar-refractivity contribution in [2.24, 2.45) is 11.8 Å². The molecule has 0 unspecified atom stereocenters. The van der Waals surface area contributed by atoms with Gasteiger partial charge in [0.25, 0.3) is 0 Å². The molecule has 0 aromatic carbocycles. The lowest BCUT2D eigenvalue weighted by Crippen LogP contribution is -2.47. The second kappa shape index (κ2) is 4.00. The summed E-state index contributed by atoms with van der Waals surface area (Å²) in [5, 5.41) is 0. The van der Waals surface area contributed by atoms with E-state index in [1.54, 1.807) is 0 Å². The van der Waals surface area contributed by atoms with E-state index in [0.29, 0.717) is 0 Å². The highest BCUT2D eigenvalue weighted by Gasteiger charge is 2.31. The molecule has 2 fully saturated rings. The zero-order valence-electron chi connectivity index (χ0n) is 9.13. The average Bonchev–Trinajstić information content (AvgIpc) is 2.05. The number of likely N-dealkylation sites (tertiary alicyclic amines) is 1. The minimum absolute atomic E-state index is 0.973. The Kier molecular flexibility index (Phi) is 2.92. The molecule has 0 spiro atoms. The van der Waals surface area contributed by atoms with Crippen LogP contribution in [0.2, 0.25) is 0 Å². The van der Waals surface area contributed by atoms with Crippen LogP contribution in [0.3, 0.4) is 0 Å². The van der Waals surface area contributed by atoms with E-state index in [1.165, 1.54) is 45.2 Å². The Labute approximate surface area is 82.5 Å². The molecule has 1 nitrogen and oxygen atoms in total. The molecule has 2 rings (SSSR count). The van der Waals surface area contributed by atoms with E-state index in [9.17, 15) is 0 Å². The van der Waals surface area contributed by atoms with Gasteiger partial charge in [0, 0.05) is 12.6 Å². The zero-order valence-corrected chi connectivity index (χ0v) is 9.13. The first-order chi connectivity index (χ1) is 6.31. The molecule has 1 saturated heterocycles. The molecule has 13 heavy (non-hydrogen) atoms. The second-order valence-corrected chi connectivity index (χ2v) is 5.01. The maximum absolute atomic E-state index is 2.76. The van der Waals surface area contributed by atoms with E-state index in [4.69, 9.17) is 0 Å². The van der Waals surface area contributed by atoms with E-state index in [-0.39, 0.29) is 0 Å². The summed E-state index contributed by atoms with van der Waals surface area (Å²) in [5.74, 6) is 1.95. The summed E-state index contributed by atoms with van der Waals surface area (Å²) in [6.07, 6.45) is 7.25. The van der Waals surface area contributed by atoms with Crippen LogP contribution in [-0.4, -0.2) is 24.0 Å². The molecule has 1 heteroatoms. The van der Waals surface area contributed by atoms with E-state index >= 15 is 0 Å². The van der Waals surface area contributed by atoms with Gasteiger partial charge in [-0.25, -0.2) is 0 Å². The van der Waals surface area contributed by atoms with Gasteiger partial charge in [0.1, 0.15) is 0 Å². The highest BCUT2D eigenvalue weighted by Crippen LogP contribution is 2.32. The standard InChI is InChI=1S/C12H23N/c1-3-11-9-13(8-7-10(11)2)12-5-4-6-12/h10-12H,3-9H2,1-2H3/t10-,11-/m1/s1. The maximum atomic E-state index is 2.76. The van der Waals surface area contributed by atoms with E-state index in [0.717, 1.165) is 17.9 Å². The summed E-state index contributed by atoms with van der Waals surface area (Å²) in [7, 11) is 0. The third-order valence-electron chi connectivity index (χ3n) is 4.26. The Morgan fingerprint density at radius 2 is 2.00 bits per heavy atom. The topological polar surface area (TPSA) is 3.24 Å². The fraction of sp³-hybridized carbons (Fsp3) is 1.00. The van der Waals surface area contributed by atoms with Crippen LogP contribution in [0, 0.1) is 11.8 Å². The smallest absolute Gasteiger partial charge is 0.00953 e. The van der Waals surface area contributed by atoms with Crippen molar-refractivity contribution in [1.29, 1.82) is 0 Å². The van der Waals surface area contributed by atoms with Crippen molar-refractivity contribution in [1.82, 2.24) is 4.90 Å². The molecule has 1 saturated carbocycles. The molecule has 0 N–H and O–H groups in total. The van der Waals surface area contributed by atoms with Crippen molar-refractivity contribution in [3.05, 3.63) is 0 Å². The molecule has 1 heterocycles. The third kappa shape index (κ3) is 1.90. The SMILES string of the molecule is CC[C@@H]1CN(C2CCC2)CC[C@H]1C. The Hall–Kier alpha value is -0.0400. The third-order valence-corrected chi connectivity index (χ3v) is 4.26. The molecule has 0 aromatic heterocycles. The van der Waals surface area contributed by atoms with Crippen LogP contribution in [0.25, 0.3) is 0 Å². The summed E-state index contributed by atoms with van der Waals surface area (Å²) in [5.41, 5.74) is 0. The van der Waals surface area contributed by atoms with Crippen molar-refractivity contribution in [3.8, 4) is 0 Å². The lowest BCUT2D eigenvalue weighted by atomic mass is 9.82. The van der Waals surface area contributed by atoms with Gasteiger partial charge in [-0.15, -0.1) is 0 Å². The Bertz CT molecular complexity index is 163. The lowest BCUT2D eigenvalue weighted by Gasteiger charge is -2.44. The van der Waals surface area contributed by atoms with Gasteiger partial charge in [0.05, 0.1) is 0 Å². The molecule has 1 aliphatic heterocycles. The monoisotopic (exact) mass is 181 g/mol. The van der Waals surface area contributed by atoms with Gasteiger partial charge < -0.3 is 4.90 Å².